The lowest BCUT2D eigenvalue weighted by Gasteiger charge is -2.15. The van der Waals surface area contributed by atoms with Crippen LogP contribution in [0.25, 0.3) is 0 Å². The van der Waals surface area contributed by atoms with E-state index in [1.54, 1.807) is 7.11 Å². The first-order valence-electron chi connectivity index (χ1n) is 13.3. The first-order chi connectivity index (χ1) is 16.5. The van der Waals surface area contributed by atoms with E-state index in [9.17, 15) is 14.7 Å². The second kappa shape index (κ2) is 16.5. The molecule has 0 aromatic heterocycles. The molecule has 5 nitrogen and oxygen atoms in total. The van der Waals surface area contributed by atoms with Gasteiger partial charge in [-0.3, -0.25) is 9.59 Å². The van der Waals surface area contributed by atoms with Crippen LogP contribution in [0.15, 0.2) is 36.4 Å². The van der Waals surface area contributed by atoms with E-state index in [-0.39, 0.29) is 23.8 Å². The molecule has 2 N–H and O–H groups in total. The Kier molecular flexibility index (Phi) is 13.6. The molecule has 0 unspecified atom stereocenters. The molecule has 1 aromatic carbocycles. The van der Waals surface area contributed by atoms with Gasteiger partial charge < -0.3 is 15.2 Å². The summed E-state index contributed by atoms with van der Waals surface area (Å²) in [5.41, 5.74) is 1.18. The van der Waals surface area contributed by atoms with Crippen molar-refractivity contribution in [2.75, 3.05) is 13.7 Å². The van der Waals surface area contributed by atoms with Gasteiger partial charge in [0.05, 0.1) is 13.2 Å². The lowest BCUT2D eigenvalue weighted by Crippen LogP contribution is -2.25. The highest BCUT2D eigenvalue weighted by Gasteiger charge is 2.32. The van der Waals surface area contributed by atoms with E-state index in [1.807, 2.05) is 30.3 Å². The van der Waals surface area contributed by atoms with Gasteiger partial charge in [-0.15, -0.1) is 0 Å². The van der Waals surface area contributed by atoms with Crippen LogP contribution in [-0.2, 0) is 16.0 Å². The van der Waals surface area contributed by atoms with Gasteiger partial charge in [0.2, 0.25) is 5.91 Å². The van der Waals surface area contributed by atoms with E-state index in [1.165, 1.54) is 5.56 Å². The lowest BCUT2D eigenvalue weighted by molar-refractivity contribution is -0.121. The van der Waals surface area contributed by atoms with Crippen molar-refractivity contribution in [3.8, 4) is 5.75 Å². The van der Waals surface area contributed by atoms with Crippen molar-refractivity contribution < 1.29 is 19.4 Å². The Balaban J connectivity index is 1.54. The average Bonchev–Trinajstić information content (AvgIpc) is 3.19. The van der Waals surface area contributed by atoms with Crippen LogP contribution in [0.1, 0.15) is 89.5 Å². The Morgan fingerprint density at radius 2 is 1.91 bits per heavy atom. The highest BCUT2D eigenvalue weighted by Crippen LogP contribution is 2.34. The molecule has 190 valence electrons. The fraction of sp³-hybridized carbons (Fsp3) is 0.655. The van der Waals surface area contributed by atoms with Crippen molar-refractivity contribution >= 4 is 11.7 Å². The van der Waals surface area contributed by atoms with Crippen LogP contribution < -0.4 is 10.1 Å². The van der Waals surface area contributed by atoms with Gasteiger partial charge in [0.1, 0.15) is 11.5 Å². The maximum atomic E-state index is 12.3. The predicted octanol–water partition coefficient (Wildman–Crippen LogP) is 5.79. The summed E-state index contributed by atoms with van der Waals surface area (Å²) in [4.78, 5) is 24.4. The zero-order valence-electron chi connectivity index (χ0n) is 21.3. The molecule has 0 aliphatic heterocycles. The number of hydrogen-bond donors (Lipinski definition) is 2. The number of nitrogens with one attached hydrogen (secondary N) is 1. The number of ether oxygens (including phenoxy) is 1. The molecule has 0 heterocycles. The topological polar surface area (TPSA) is 75.6 Å². The molecule has 1 fully saturated rings. The Bertz CT molecular complexity index is 743. The zero-order chi connectivity index (χ0) is 24.6. The van der Waals surface area contributed by atoms with Gasteiger partial charge >= 0.3 is 0 Å². The third-order valence-electron chi connectivity index (χ3n) is 6.90. The van der Waals surface area contributed by atoms with E-state index in [4.69, 9.17) is 4.74 Å². The number of methoxy groups -OCH3 is 1. The largest absolute Gasteiger partial charge is 0.497 e. The summed E-state index contributed by atoms with van der Waals surface area (Å²) in [5, 5.41) is 13.1. The molecule has 0 spiro atoms. The van der Waals surface area contributed by atoms with Gasteiger partial charge in [-0.05, 0) is 55.7 Å². The van der Waals surface area contributed by atoms with Gasteiger partial charge in [-0.25, -0.2) is 0 Å². The van der Waals surface area contributed by atoms with Crippen LogP contribution in [-0.4, -0.2) is 36.6 Å². The van der Waals surface area contributed by atoms with E-state index in [0.717, 1.165) is 76.4 Å². The quantitative estimate of drug-likeness (QED) is 0.223. The summed E-state index contributed by atoms with van der Waals surface area (Å²) in [5.74, 6) is 1.73. The Morgan fingerprint density at radius 1 is 1.15 bits per heavy atom. The number of carbonyl (C=O) groups is 2. The van der Waals surface area contributed by atoms with Gasteiger partial charge in [0.15, 0.2) is 0 Å². The molecule has 1 saturated carbocycles. The molecule has 1 aliphatic rings. The summed E-state index contributed by atoms with van der Waals surface area (Å²) in [6.07, 6.45) is 15.7. The fourth-order valence-electron chi connectivity index (χ4n) is 4.74. The summed E-state index contributed by atoms with van der Waals surface area (Å²) in [7, 11) is 1.65. The lowest BCUT2D eigenvalue weighted by atomic mass is 9.89. The summed E-state index contributed by atoms with van der Waals surface area (Å²) in [6, 6.07) is 7.92. The molecule has 0 saturated heterocycles. The molecule has 0 bridgehead atoms. The molecule has 3 atom stereocenters. The predicted molar refractivity (Wildman–Crippen MR) is 138 cm³/mol. The first kappa shape index (κ1) is 28.1. The van der Waals surface area contributed by atoms with E-state index in [0.29, 0.717) is 25.2 Å². The number of aliphatic hydroxyl groups is 1. The van der Waals surface area contributed by atoms with Crippen molar-refractivity contribution in [2.45, 2.75) is 96.5 Å². The molecule has 1 aromatic rings. The van der Waals surface area contributed by atoms with Crippen molar-refractivity contribution in [1.29, 1.82) is 0 Å². The van der Waals surface area contributed by atoms with Crippen LogP contribution in [0.2, 0.25) is 0 Å². The van der Waals surface area contributed by atoms with Gasteiger partial charge in [-0.2, -0.15) is 0 Å². The molecular formula is C29H45NO4. The minimum Gasteiger partial charge on any atom is -0.497 e. The fourth-order valence-corrected chi connectivity index (χ4v) is 4.74. The van der Waals surface area contributed by atoms with Crippen molar-refractivity contribution in [3.05, 3.63) is 42.0 Å². The second-order valence-electron chi connectivity index (χ2n) is 9.62. The summed E-state index contributed by atoms with van der Waals surface area (Å²) in [6.45, 7) is 2.81. The van der Waals surface area contributed by atoms with Crippen LogP contribution >= 0.6 is 0 Å². The normalized spacial score (nSPS) is 19.0. The minimum atomic E-state index is -0.384. The summed E-state index contributed by atoms with van der Waals surface area (Å²) < 4.78 is 5.16. The average molecular weight is 472 g/mol. The number of carbonyl (C=O) groups excluding carboxylic acids is 2. The number of aliphatic hydroxyl groups excluding tert-OH is 1. The van der Waals surface area contributed by atoms with E-state index < -0.39 is 0 Å². The molecule has 0 radical (unpaired) electrons. The molecule has 1 amide bonds. The van der Waals surface area contributed by atoms with Crippen molar-refractivity contribution in [2.24, 2.45) is 11.8 Å². The highest BCUT2D eigenvalue weighted by atomic mass is 16.5. The first-order valence-corrected chi connectivity index (χ1v) is 13.3. The van der Waals surface area contributed by atoms with Gasteiger partial charge in [0, 0.05) is 25.3 Å². The number of Topliss-reactive ketones (excluding diaryl/α,β-unsaturated/α-hetero) is 1. The number of unbranched alkanes of at least 4 members (excludes halogenated alkanes) is 5. The van der Waals surface area contributed by atoms with Crippen LogP contribution in [0, 0.1) is 11.8 Å². The SMILES string of the molecule is CCCCC[C@H](O)C=C[C@@H]1CCC(=O)[C@@H]1CCCCCCC(=O)NCCc1ccc(OC)cc1. The second-order valence-corrected chi connectivity index (χ2v) is 9.62. The van der Waals surface area contributed by atoms with Crippen LogP contribution in [0.4, 0.5) is 0 Å². The summed E-state index contributed by atoms with van der Waals surface area (Å²) >= 11 is 0. The van der Waals surface area contributed by atoms with E-state index >= 15 is 0 Å². The number of ketones is 1. The van der Waals surface area contributed by atoms with Crippen LogP contribution in [0.5, 0.6) is 5.75 Å². The maximum absolute atomic E-state index is 12.3. The molecular weight excluding hydrogens is 426 g/mol. The Hall–Kier alpha value is -2.14. The monoisotopic (exact) mass is 471 g/mol. The number of amides is 1. The molecule has 34 heavy (non-hydrogen) atoms. The molecule has 2 rings (SSSR count). The number of hydrogen-bond acceptors (Lipinski definition) is 4. The molecule has 5 heteroatoms. The van der Waals surface area contributed by atoms with Crippen molar-refractivity contribution in [3.63, 3.8) is 0 Å². The highest BCUT2D eigenvalue weighted by molar-refractivity contribution is 5.83. The molecule has 1 aliphatic carbocycles. The van der Waals surface area contributed by atoms with Gasteiger partial charge in [0.25, 0.3) is 0 Å². The van der Waals surface area contributed by atoms with Crippen molar-refractivity contribution in [1.82, 2.24) is 5.32 Å². The Labute approximate surface area is 206 Å². The minimum absolute atomic E-state index is 0.111. The third kappa shape index (κ3) is 10.9. The number of rotatable bonds is 17. The number of allylic oxidation sites excluding steroid dienone is 1. The van der Waals surface area contributed by atoms with Gasteiger partial charge in [-0.1, -0.05) is 69.7 Å². The Morgan fingerprint density at radius 3 is 2.65 bits per heavy atom. The standard InChI is InChI=1S/C29H45NO4/c1-3-4-7-10-25(31)17-15-24-16-20-28(32)27(24)11-8-5-6-9-12-29(33)30-22-21-23-13-18-26(34-2)19-14-23/h13-15,17-19,24-25,27,31H,3-12,16,20-22H2,1-2H3,(H,30,33)/t24-,25+,27-/m1/s1. The zero-order valence-corrected chi connectivity index (χ0v) is 21.3. The van der Waals surface area contributed by atoms with E-state index in [2.05, 4.69) is 18.3 Å². The third-order valence-corrected chi connectivity index (χ3v) is 6.90. The smallest absolute Gasteiger partial charge is 0.220 e. The maximum Gasteiger partial charge on any atom is 0.220 e. The number of benzene rings is 1. The van der Waals surface area contributed by atoms with Crippen LogP contribution in [0.3, 0.4) is 0 Å².